The Bertz CT molecular complexity index is 672. The van der Waals surface area contributed by atoms with Gasteiger partial charge in [0.05, 0.1) is 5.52 Å². The predicted octanol–water partition coefficient (Wildman–Crippen LogP) is 4.27. The van der Waals surface area contributed by atoms with E-state index in [4.69, 9.17) is 9.47 Å². The summed E-state index contributed by atoms with van der Waals surface area (Å²) in [6.45, 7) is 3.00. The highest BCUT2D eigenvalue weighted by atomic mass is 127. The average molecular weight is 398 g/mol. The van der Waals surface area contributed by atoms with Crippen molar-refractivity contribution < 1.29 is 9.47 Å². The summed E-state index contributed by atoms with van der Waals surface area (Å²) >= 11 is 2.30. The minimum Gasteiger partial charge on any atom is -0.488 e. The lowest BCUT2D eigenvalue weighted by Gasteiger charge is -2.23. The Morgan fingerprint density at radius 3 is 2.95 bits per heavy atom. The molecule has 2 heterocycles. The molecule has 1 saturated carbocycles. The molecule has 1 aromatic heterocycles. The number of ether oxygens (including phenoxy) is 2. The number of halogens is 1. The summed E-state index contributed by atoms with van der Waals surface area (Å²) in [6, 6.07) is 6.29. The van der Waals surface area contributed by atoms with Gasteiger partial charge in [0.1, 0.15) is 15.1 Å². The van der Waals surface area contributed by atoms with Crippen molar-refractivity contribution in [3.05, 3.63) is 21.9 Å². The highest BCUT2D eigenvalue weighted by molar-refractivity contribution is 14.1. The Morgan fingerprint density at radius 1 is 1.38 bits per heavy atom. The summed E-state index contributed by atoms with van der Waals surface area (Å²) in [4.78, 5) is 0. The van der Waals surface area contributed by atoms with Gasteiger partial charge in [0.15, 0.2) is 6.23 Å². The highest BCUT2D eigenvalue weighted by Gasteiger charge is 2.40. The van der Waals surface area contributed by atoms with Gasteiger partial charge in [-0.15, -0.1) is 0 Å². The second kappa shape index (κ2) is 5.12. The smallest absolute Gasteiger partial charge is 0.150 e. The Kier molecular flexibility index (Phi) is 3.37. The van der Waals surface area contributed by atoms with Crippen molar-refractivity contribution in [3.8, 4) is 5.75 Å². The first-order valence-corrected chi connectivity index (χ1v) is 8.71. The normalized spacial score (nSPS) is 24.2. The SMILES string of the molecule is CC1(Oc2ccc3c(c2)c(I)nn3C2CCCCO2)CC1. The fourth-order valence-corrected chi connectivity index (χ4v) is 3.51. The van der Waals surface area contributed by atoms with Crippen LogP contribution in [0.2, 0.25) is 0 Å². The highest BCUT2D eigenvalue weighted by Crippen LogP contribution is 2.40. The first kappa shape index (κ1) is 13.8. The van der Waals surface area contributed by atoms with E-state index in [2.05, 4.69) is 52.8 Å². The molecular weight excluding hydrogens is 379 g/mol. The molecule has 5 heteroatoms. The Balaban J connectivity index is 1.69. The van der Waals surface area contributed by atoms with Gasteiger partial charge in [-0.1, -0.05) is 0 Å². The third-order valence-corrected chi connectivity index (χ3v) is 5.18. The maximum absolute atomic E-state index is 6.06. The van der Waals surface area contributed by atoms with Crippen LogP contribution in [0.3, 0.4) is 0 Å². The molecule has 2 aliphatic rings. The van der Waals surface area contributed by atoms with Crippen molar-refractivity contribution in [1.29, 1.82) is 0 Å². The van der Waals surface area contributed by atoms with Crippen LogP contribution in [0.1, 0.15) is 45.3 Å². The number of benzene rings is 1. The minimum absolute atomic E-state index is 0.0571. The van der Waals surface area contributed by atoms with Gasteiger partial charge < -0.3 is 9.47 Å². The first-order valence-electron chi connectivity index (χ1n) is 7.63. The van der Waals surface area contributed by atoms with Crippen LogP contribution in [0.4, 0.5) is 0 Å². The molecule has 0 spiro atoms. The van der Waals surface area contributed by atoms with Gasteiger partial charge in [-0.05, 0) is 79.8 Å². The van der Waals surface area contributed by atoms with Gasteiger partial charge in [0.25, 0.3) is 0 Å². The molecule has 1 aliphatic heterocycles. The van der Waals surface area contributed by atoms with Crippen LogP contribution in [0.15, 0.2) is 18.2 Å². The van der Waals surface area contributed by atoms with Gasteiger partial charge in [-0.25, -0.2) is 4.68 Å². The Morgan fingerprint density at radius 2 is 2.24 bits per heavy atom. The monoisotopic (exact) mass is 398 g/mol. The fourth-order valence-electron chi connectivity index (χ4n) is 2.84. The predicted molar refractivity (Wildman–Crippen MR) is 89.6 cm³/mol. The van der Waals surface area contributed by atoms with E-state index in [0.29, 0.717) is 0 Å². The van der Waals surface area contributed by atoms with Crippen LogP contribution >= 0.6 is 22.6 Å². The topological polar surface area (TPSA) is 36.3 Å². The third kappa shape index (κ3) is 2.65. The zero-order valence-corrected chi connectivity index (χ0v) is 14.3. The lowest BCUT2D eigenvalue weighted by atomic mass is 10.2. The Hall–Kier alpha value is -0.820. The number of rotatable bonds is 3. The van der Waals surface area contributed by atoms with Crippen molar-refractivity contribution in [1.82, 2.24) is 9.78 Å². The third-order valence-electron chi connectivity index (χ3n) is 4.38. The van der Waals surface area contributed by atoms with E-state index < -0.39 is 0 Å². The van der Waals surface area contributed by atoms with Crippen molar-refractivity contribution in [2.24, 2.45) is 0 Å². The summed E-state index contributed by atoms with van der Waals surface area (Å²) in [5, 5.41) is 5.85. The lowest BCUT2D eigenvalue weighted by molar-refractivity contribution is -0.0368. The zero-order chi connectivity index (χ0) is 14.4. The number of nitrogens with zero attached hydrogens (tertiary/aromatic N) is 2. The van der Waals surface area contributed by atoms with Crippen molar-refractivity contribution in [2.75, 3.05) is 6.61 Å². The second-order valence-electron chi connectivity index (χ2n) is 6.29. The van der Waals surface area contributed by atoms with Crippen LogP contribution in [0.25, 0.3) is 10.9 Å². The molecule has 112 valence electrons. The van der Waals surface area contributed by atoms with E-state index in [0.717, 1.165) is 52.6 Å². The molecule has 4 rings (SSSR count). The van der Waals surface area contributed by atoms with Crippen molar-refractivity contribution >= 4 is 33.5 Å². The standard InChI is InChI=1S/C16H19IN2O2/c1-16(7-8-16)21-11-5-6-13-12(10-11)15(17)18-19(13)14-4-2-3-9-20-14/h5-6,10,14H,2-4,7-9H2,1H3. The fraction of sp³-hybridized carbons (Fsp3) is 0.562. The van der Waals surface area contributed by atoms with Crippen LogP contribution in [-0.4, -0.2) is 22.0 Å². The molecule has 4 nitrogen and oxygen atoms in total. The molecule has 0 N–H and O–H groups in total. The van der Waals surface area contributed by atoms with Gasteiger partial charge in [0.2, 0.25) is 0 Å². The average Bonchev–Trinajstić information content (AvgIpc) is 3.13. The number of hydrogen-bond donors (Lipinski definition) is 0. The molecule has 2 aromatic rings. The van der Waals surface area contributed by atoms with Crippen molar-refractivity contribution in [3.63, 3.8) is 0 Å². The van der Waals surface area contributed by atoms with Gasteiger partial charge in [0, 0.05) is 12.0 Å². The largest absolute Gasteiger partial charge is 0.488 e. The molecule has 1 aromatic carbocycles. The number of hydrogen-bond acceptors (Lipinski definition) is 3. The minimum atomic E-state index is 0.0571. The molecule has 1 atom stereocenters. The number of fused-ring (bicyclic) bond motifs is 1. The van der Waals surface area contributed by atoms with E-state index in [1.807, 2.05) is 4.68 Å². The summed E-state index contributed by atoms with van der Waals surface area (Å²) in [6.07, 6.45) is 5.79. The zero-order valence-electron chi connectivity index (χ0n) is 12.1. The molecule has 21 heavy (non-hydrogen) atoms. The maximum Gasteiger partial charge on any atom is 0.150 e. The first-order chi connectivity index (χ1) is 10.1. The number of aromatic nitrogens is 2. The van der Waals surface area contributed by atoms with Crippen molar-refractivity contribution in [2.45, 2.75) is 50.9 Å². The molecule has 1 saturated heterocycles. The quantitative estimate of drug-likeness (QED) is 0.725. The molecule has 1 aliphatic carbocycles. The van der Waals surface area contributed by atoms with Crippen LogP contribution in [0.5, 0.6) is 5.75 Å². The van der Waals surface area contributed by atoms with E-state index in [1.165, 1.54) is 6.42 Å². The summed E-state index contributed by atoms with van der Waals surface area (Å²) in [7, 11) is 0. The summed E-state index contributed by atoms with van der Waals surface area (Å²) < 4.78 is 15.0. The summed E-state index contributed by atoms with van der Waals surface area (Å²) in [5.74, 6) is 0.949. The molecule has 1 unspecified atom stereocenters. The van der Waals surface area contributed by atoms with Crippen LogP contribution < -0.4 is 4.74 Å². The Labute approximate surface area is 137 Å². The summed E-state index contributed by atoms with van der Waals surface area (Å²) in [5.41, 5.74) is 1.20. The molecular formula is C16H19IN2O2. The van der Waals surface area contributed by atoms with Crippen LogP contribution in [0, 0.1) is 3.70 Å². The maximum atomic E-state index is 6.06. The molecule has 2 fully saturated rings. The van der Waals surface area contributed by atoms with Gasteiger partial charge in [-0.3, -0.25) is 0 Å². The van der Waals surface area contributed by atoms with Crippen LogP contribution in [-0.2, 0) is 4.74 Å². The van der Waals surface area contributed by atoms with E-state index in [9.17, 15) is 0 Å². The second-order valence-corrected chi connectivity index (χ2v) is 7.31. The van der Waals surface area contributed by atoms with E-state index in [1.54, 1.807) is 0 Å². The lowest BCUT2D eigenvalue weighted by Crippen LogP contribution is -2.19. The van der Waals surface area contributed by atoms with E-state index >= 15 is 0 Å². The molecule has 0 amide bonds. The van der Waals surface area contributed by atoms with Gasteiger partial charge >= 0.3 is 0 Å². The van der Waals surface area contributed by atoms with Gasteiger partial charge in [-0.2, -0.15) is 5.10 Å². The van der Waals surface area contributed by atoms with E-state index in [-0.39, 0.29) is 11.8 Å². The molecule has 0 bridgehead atoms. The molecule has 0 radical (unpaired) electrons.